The van der Waals surface area contributed by atoms with Crippen molar-refractivity contribution in [1.29, 1.82) is 0 Å². The van der Waals surface area contributed by atoms with Gasteiger partial charge in [-0.25, -0.2) is 0 Å². The molecule has 1 aromatic heterocycles. The van der Waals surface area contributed by atoms with Crippen molar-refractivity contribution in [3.8, 4) is 17.2 Å². The summed E-state index contributed by atoms with van der Waals surface area (Å²) in [6.07, 6.45) is 2.07. The largest absolute Gasteiger partial charge is 0.493 e. The predicted molar refractivity (Wildman–Crippen MR) is 75.8 cm³/mol. The van der Waals surface area contributed by atoms with Crippen LogP contribution in [0.5, 0.6) is 17.2 Å². The minimum atomic E-state index is 0.594. The van der Waals surface area contributed by atoms with E-state index >= 15 is 0 Å². The van der Waals surface area contributed by atoms with Gasteiger partial charge in [-0.15, -0.1) is 0 Å². The van der Waals surface area contributed by atoms with Gasteiger partial charge in [-0.1, -0.05) is 11.2 Å². The number of hydrogen-bond donors (Lipinski definition) is 1. The molecule has 0 bridgehead atoms. The van der Waals surface area contributed by atoms with Crippen LogP contribution < -0.4 is 19.5 Å². The maximum atomic E-state index is 5.43. The molecule has 0 aliphatic carbocycles. The van der Waals surface area contributed by atoms with Crippen LogP contribution in [0.1, 0.15) is 11.5 Å². The van der Waals surface area contributed by atoms with E-state index in [0.717, 1.165) is 12.1 Å². The zero-order chi connectivity index (χ0) is 15.1. The monoisotopic (exact) mass is 293 g/mol. The highest BCUT2D eigenvalue weighted by Crippen LogP contribution is 2.39. The van der Waals surface area contributed by atoms with Crippen LogP contribution in [-0.2, 0) is 13.0 Å². The number of benzene rings is 1. The summed E-state index contributed by atoms with van der Waals surface area (Å²) in [5.41, 5.74) is 0.987. The van der Waals surface area contributed by atoms with Gasteiger partial charge in [0.2, 0.25) is 11.6 Å². The molecule has 0 amide bonds. The summed E-state index contributed by atoms with van der Waals surface area (Å²) in [6, 6.07) is 3.80. The molecule has 0 saturated carbocycles. The quantitative estimate of drug-likeness (QED) is 0.737. The SMILES string of the molecule is COc1ccc(CNCCc2ncno2)c(OC)c1OC. The summed E-state index contributed by atoms with van der Waals surface area (Å²) in [5, 5.41) is 6.86. The van der Waals surface area contributed by atoms with Gasteiger partial charge in [0.25, 0.3) is 0 Å². The molecule has 0 unspecified atom stereocenters. The molecule has 0 aliphatic heterocycles. The fourth-order valence-corrected chi connectivity index (χ4v) is 2.03. The van der Waals surface area contributed by atoms with E-state index in [1.807, 2.05) is 12.1 Å². The molecular weight excluding hydrogens is 274 g/mol. The molecule has 21 heavy (non-hydrogen) atoms. The molecule has 1 heterocycles. The Morgan fingerprint density at radius 1 is 1.10 bits per heavy atom. The zero-order valence-electron chi connectivity index (χ0n) is 12.4. The van der Waals surface area contributed by atoms with Crippen molar-refractivity contribution in [2.24, 2.45) is 0 Å². The lowest BCUT2D eigenvalue weighted by molar-refractivity contribution is 0.321. The number of nitrogens with zero attached hydrogens (tertiary/aromatic N) is 2. The molecule has 7 nitrogen and oxygen atoms in total. The summed E-state index contributed by atoms with van der Waals surface area (Å²) < 4.78 is 21.0. The maximum absolute atomic E-state index is 5.43. The van der Waals surface area contributed by atoms with Crippen LogP contribution in [-0.4, -0.2) is 38.0 Å². The van der Waals surface area contributed by atoms with Crippen molar-refractivity contribution < 1.29 is 18.7 Å². The van der Waals surface area contributed by atoms with Gasteiger partial charge in [-0.05, 0) is 6.07 Å². The van der Waals surface area contributed by atoms with Gasteiger partial charge in [0.05, 0.1) is 21.3 Å². The van der Waals surface area contributed by atoms with E-state index in [0.29, 0.717) is 36.1 Å². The van der Waals surface area contributed by atoms with E-state index in [2.05, 4.69) is 15.5 Å². The van der Waals surface area contributed by atoms with E-state index < -0.39 is 0 Å². The second-order valence-electron chi connectivity index (χ2n) is 4.26. The van der Waals surface area contributed by atoms with E-state index in [4.69, 9.17) is 18.7 Å². The number of methoxy groups -OCH3 is 3. The van der Waals surface area contributed by atoms with Crippen LogP contribution in [0.3, 0.4) is 0 Å². The lowest BCUT2D eigenvalue weighted by Gasteiger charge is -2.15. The van der Waals surface area contributed by atoms with E-state index in [1.165, 1.54) is 6.33 Å². The minimum Gasteiger partial charge on any atom is -0.493 e. The number of aromatic nitrogens is 2. The molecule has 0 radical (unpaired) electrons. The molecule has 0 saturated heterocycles. The molecule has 1 N–H and O–H groups in total. The Bertz CT molecular complexity index is 558. The van der Waals surface area contributed by atoms with Crippen molar-refractivity contribution in [2.75, 3.05) is 27.9 Å². The Hall–Kier alpha value is -2.28. The van der Waals surface area contributed by atoms with Crippen LogP contribution in [0.15, 0.2) is 23.0 Å². The average Bonchev–Trinajstić information content (AvgIpc) is 3.03. The maximum Gasteiger partial charge on any atom is 0.227 e. The molecule has 0 aliphatic rings. The van der Waals surface area contributed by atoms with Crippen molar-refractivity contribution in [2.45, 2.75) is 13.0 Å². The number of hydrogen-bond acceptors (Lipinski definition) is 7. The first-order chi connectivity index (χ1) is 10.3. The molecule has 7 heteroatoms. The normalized spacial score (nSPS) is 10.4. The van der Waals surface area contributed by atoms with Crippen molar-refractivity contribution in [3.63, 3.8) is 0 Å². The summed E-state index contributed by atoms with van der Waals surface area (Å²) >= 11 is 0. The Labute approximate surface area is 123 Å². The van der Waals surface area contributed by atoms with Gasteiger partial charge in [0.15, 0.2) is 17.8 Å². The smallest absolute Gasteiger partial charge is 0.227 e. The Morgan fingerprint density at radius 3 is 2.52 bits per heavy atom. The summed E-state index contributed by atoms with van der Waals surface area (Å²) in [4.78, 5) is 3.97. The highest BCUT2D eigenvalue weighted by atomic mass is 16.5. The summed E-state index contributed by atoms with van der Waals surface area (Å²) in [5.74, 6) is 2.52. The first-order valence-electron chi connectivity index (χ1n) is 6.54. The third-order valence-electron chi connectivity index (χ3n) is 3.02. The van der Waals surface area contributed by atoms with E-state index in [1.54, 1.807) is 21.3 Å². The number of rotatable bonds is 8. The molecule has 0 spiro atoms. The van der Waals surface area contributed by atoms with Gasteiger partial charge < -0.3 is 24.1 Å². The van der Waals surface area contributed by atoms with Gasteiger partial charge in [-0.3, -0.25) is 0 Å². The van der Waals surface area contributed by atoms with Crippen LogP contribution >= 0.6 is 0 Å². The number of ether oxygens (including phenoxy) is 3. The molecule has 2 aromatic rings. The lowest BCUT2D eigenvalue weighted by Crippen LogP contribution is -2.17. The van der Waals surface area contributed by atoms with Gasteiger partial charge in [0.1, 0.15) is 0 Å². The van der Waals surface area contributed by atoms with E-state index in [9.17, 15) is 0 Å². The Morgan fingerprint density at radius 2 is 1.90 bits per heavy atom. The molecule has 0 atom stereocenters. The van der Waals surface area contributed by atoms with Crippen molar-refractivity contribution in [3.05, 3.63) is 29.9 Å². The van der Waals surface area contributed by atoms with Crippen LogP contribution in [0.4, 0.5) is 0 Å². The average molecular weight is 293 g/mol. The molecular formula is C14H19N3O4. The van der Waals surface area contributed by atoms with Crippen molar-refractivity contribution >= 4 is 0 Å². The zero-order valence-corrected chi connectivity index (χ0v) is 12.4. The second-order valence-corrected chi connectivity index (χ2v) is 4.26. The first-order valence-corrected chi connectivity index (χ1v) is 6.54. The second kappa shape index (κ2) is 7.49. The first kappa shape index (κ1) is 15.1. The number of nitrogens with one attached hydrogen (secondary N) is 1. The molecule has 0 fully saturated rings. The summed E-state index contributed by atoms with van der Waals surface area (Å²) in [6.45, 7) is 1.36. The Balaban J connectivity index is 1.99. The highest BCUT2D eigenvalue weighted by molar-refractivity contribution is 5.55. The topological polar surface area (TPSA) is 78.6 Å². The van der Waals surface area contributed by atoms with Gasteiger partial charge >= 0.3 is 0 Å². The third-order valence-corrected chi connectivity index (χ3v) is 3.02. The predicted octanol–water partition coefficient (Wildman–Crippen LogP) is 1.43. The van der Waals surface area contributed by atoms with Crippen molar-refractivity contribution in [1.82, 2.24) is 15.5 Å². The standard InChI is InChI=1S/C14H19N3O4/c1-18-11-5-4-10(13(19-2)14(11)20-3)8-15-7-6-12-16-9-17-21-12/h4-5,9,15H,6-8H2,1-3H3. The fourth-order valence-electron chi connectivity index (χ4n) is 2.03. The van der Waals surface area contributed by atoms with E-state index in [-0.39, 0.29) is 0 Å². The summed E-state index contributed by atoms with van der Waals surface area (Å²) in [7, 11) is 4.80. The highest BCUT2D eigenvalue weighted by Gasteiger charge is 2.15. The lowest BCUT2D eigenvalue weighted by atomic mass is 10.1. The van der Waals surface area contributed by atoms with Gasteiger partial charge in [-0.2, -0.15) is 4.98 Å². The minimum absolute atomic E-state index is 0.594. The Kier molecular flexibility index (Phi) is 5.39. The van der Waals surface area contributed by atoms with Gasteiger partial charge in [0, 0.05) is 25.1 Å². The van der Waals surface area contributed by atoms with Crippen LogP contribution in [0.2, 0.25) is 0 Å². The third kappa shape index (κ3) is 3.63. The molecule has 2 rings (SSSR count). The molecule has 114 valence electrons. The molecule has 1 aromatic carbocycles. The van der Waals surface area contributed by atoms with Crippen LogP contribution in [0, 0.1) is 0 Å². The fraction of sp³-hybridized carbons (Fsp3) is 0.429. The van der Waals surface area contributed by atoms with Crippen LogP contribution in [0.25, 0.3) is 0 Å².